The summed E-state index contributed by atoms with van der Waals surface area (Å²) in [5.41, 5.74) is 1.72. The molecule has 4 aliphatic rings. The molecule has 7 nitrogen and oxygen atoms in total. The summed E-state index contributed by atoms with van der Waals surface area (Å²) in [5.74, 6) is 1.66. The molecule has 3 N–H and O–H groups in total. The second kappa shape index (κ2) is 16.8. The molecule has 2 aliphatic heterocycles. The summed E-state index contributed by atoms with van der Waals surface area (Å²) in [5, 5.41) is 25.6. The zero-order valence-corrected chi connectivity index (χ0v) is 27.2. The molecule has 2 saturated heterocycles. The van der Waals surface area contributed by atoms with E-state index in [1.165, 1.54) is 25.7 Å². The highest BCUT2D eigenvalue weighted by Crippen LogP contribution is 2.36. The molecule has 4 fully saturated rings. The molecule has 2 aromatic carbocycles. The maximum absolute atomic E-state index is 10.7. The van der Waals surface area contributed by atoms with Crippen LogP contribution in [0, 0.1) is 5.92 Å². The van der Waals surface area contributed by atoms with E-state index >= 15 is 0 Å². The van der Waals surface area contributed by atoms with Gasteiger partial charge in [0, 0.05) is 20.6 Å². The van der Waals surface area contributed by atoms with Crippen LogP contribution in [0.1, 0.15) is 90.5 Å². The lowest BCUT2D eigenvalue weighted by molar-refractivity contribution is 0.0945. The van der Waals surface area contributed by atoms with Crippen LogP contribution in [0.4, 0.5) is 0 Å². The Labute approximate surface area is 276 Å². The van der Waals surface area contributed by atoms with Gasteiger partial charge >= 0.3 is 0 Å². The first-order valence-electron chi connectivity index (χ1n) is 16.2. The maximum Gasteiger partial charge on any atom is 0.138 e. The van der Waals surface area contributed by atoms with Crippen molar-refractivity contribution < 1.29 is 21.1 Å². The molecule has 0 bridgehead atoms. The Morgan fingerprint density at radius 2 is 1.20 bits per heavy atom. The van der Waals surface area contributed by atoms with E-state index < -0.39 is 12.2 Å². The summed E-state index contributed by atoms with van der Waals surface area (Å²) >= 11 is 12.6. The first-order valence-corrected chi connectivity index (χ1v) is 17.0. The van der Waals surface area contributed by atoms with Gasteiger partial charge in [-0.25, -0.2) is 0 Å². The van der Waals surface area contributed by atoms with E-state index in [-0.39, 0.29) is 20.8 Å². The molecule has 248 valence electrons. The van der Waals surface area contributed by atoms with Crippen LogP contribution in [0.3, 0.4) is 0 Å². The summed E-state index contributed by atoms with van der Waals surface area (Å²) in [4.78, 5) is 4.83. The Morgan fingerprint density at radius 1 is 0.773 bits per heavy atom. The standard InChI is InChI=1S/C17H25ClN2O2.C17H24ClNO2.CH4.H2/c1-19-15(11-20-8-2-3-9-20)17(21)12-4-7-16(14(18)10-12)22-13-5-6-13;1-12(11-19-8-2-3-9-19)17(20)13-4-7-16(15(18)10-13)21-14-5-6-14;;/h4,7,10,13,15,17,19,21H,2-3,5-6,8-9,11H2,1H3;4,7,10,12,14,17,20H,2-3,5-6,8-9,11H2,1H3;1H4;1H/t15-,17-;12-,17+;;/m11../s1. The van der Waals surface area contributed by atoms with Crippen molar-refractivity contribution in [1.29, 1.82) is 0 Å². The predicted molar refractivity (Wildman–Crippen MR) is 182 cm³/mol. The average Bonchev–Trinajstić information content (AvgIpc) is 3.89. The number of aliphatic hydroxyl groups is 2. The van der Waals surface area contributed by atoms with Gasteiger partial charge in [0.05, 0.1) is 34.5 Å². The molecule has 2 aliphatic carbocycles. The van der Waals surface area contributed by atoms with Gasteiger partial charge in [0.1, 0.15) is 11.5 Å². The Hall–Kier alpha value is -1.58. The number of halogens is 2. The molecule has 4 atom stereocenters. The van der Waals surface area contributed by atoms with Crippen LogP contribution in [0.25, 0.3) is 0 Å². The molecule has 0 aromatic heterocycles. The van der Waals surface area contributed by atoms with Crippen LogP contribution >= 0.6 is 23.2 Å². The molecule has 6 rings (SSSR count). The molecular formula is C35H55Cl2N3O4. The number of hydrogen-bond donors (Lipinski definition) is 3. The normalized spacial score (nSPS) is 21.5. The third-order valence-electron chi connectivity index (χ3n) is 8.92. The molecule has 2 saturated carbocycles. The Morgan fingerprint density at radius 3 is 1.61 bits per heavy atom. The van der Waals surface area contributed by atoms with Gasteiger partial charge in [0.2, 0.25) is 0 Å². The zero-order chi connectivity index (χ0) is 30.3. The number of hydrogen-bond acceptors (Lipinski definition) is 7. The van der Waals surface area contributed by atoms with Gasteiger partial charge in [0.25, 0.3) is 0 Å². The van der Waals surface area contributed by atoms with Crippen molar-refractivity contribution in [1.82, 2.24) is 15.1 Å². The van der Waals surface area contributed by atoms with Crippen LogP contribution in [0.15, 0.2) is 36.4 Å². The van der Waals surface area contributed by atoms with Gasteiger partial charge in [-0.3, -0.25) is 0 Å². The van der Waals surface area contributed by atoms with Gasteiger partial charge in [-0.2, -0.15) is 0 Å². The summed E-state index contributed by atoms with van der Waals surface area (Å²) < 4.78 is 11.5. The van der Waals surface area contributed by atoms with Crippen LogP contribution in [-0.2, 0) is 0 Å². The molecule has 0 spiro atoms. The van der Waals surface area contributed by atoms with Crippen molar-refractivity contribution in [3.05, 3.63) is 57.6 Å². The Kier molecular flexibility index (Phi) is 13.5. The minimum atomic E-state index is -0.571. The van der Waals surface area contributed by atoms with Crippen LogP contribution in [-0.4, -0.2) is 84.6 Å². The second-order valence-corrected chi connectivity index (χ2v) is 13.6. The highest BCUT2D eigenvalue weighted by Gasteiger charge is 2.28. The fourth-order valence-corrected chi connectivity index (χ4v) is 6.42. The number of nitrogens with zero attached hydrogens (tertiary/aromatic N) is 2. The highest BCUT2D eigenvalue weighted by molar-refractivity contribution is 6.32. The Balaban J connectivity index is 0.000000235. The average molecular weight is 653 g/mol. The van der Waals surface area contributed by atoms with E-state index in [0.29, 0.717) is 22.3 Å². The van der Waals surface area contributed by atoms with E-state index in [9.17, 15) is 10.2 Å². The molecule has 0 amide bonds. The van der Waals surface area contributed by atoms with Crippen molar-refractivity contribution in [2.45, 2.75) is 96.2 Å². The topological polar surface area (TPSA) is 77.4 Å². The smallest absolute Gasteiger partial charge is 0.138 e. The molecular weight excluding hydrogens is 597 g/mol. The summed E-state index contributed by atoms with van der Waals surface area (Å²) in [6, 6.07) is 11.3. The maximum atomic E-state index is 10.7. The van der Waals surface area contributed by atoms with E-state index in [2.05, 4.69) is 22.0 Å². The Bertz CT molecular complexity index is 1170. The van der Waals surface area contributed by atoms with Gasteiger partial charge in [0.15, 0.2) is 0 Å². The van der Waals surface area contributed by atoms with Crippen LogP contribution in [0.2, 0.25) is 10.0 Å². The highest BCUT2D eigenvalue weighted by atomic mass is 35.5. The van der Waals surface area contributed by atoms with E-state index in [1.54, 1.807) is 0 Å². The third-order valence-corrected chi connectivity index (χ3v) is 9.51. The lowest BCUT2D eigenvalue weighted by atomic mass is 9.97. The van der Waals surface area contributed by atoms with Crippen LogP contribution < -0.4 is 14.8 Å². The predicted octanol–water partition coefficient (Wildman–Crippen LogP) is 7.13. The van der Waals surface area contributed by atoms with Gasteiger partial charge in [-0.1, -0.05) is 49.7 Å². The molecule has 0 unspecified atom stereocenters. The fourth-order valence-electron chi connectivity index (χ4n) is 5.95. The zero-order valence-electron chi connectivity index (χ0n) is 25.7. The number of benzene rings is 2. The van der Waals surface area contributed by atoms with Gasteiger partial charge in [-0.15, -0.1) is 0 Å². The number of likely N-dealkylation sites (N-methyl/N-ethyl adjacent to an activating group) is 1. The number of likely N-dealkylation sites (tertiary alicyclic amines) is 2. The van der Waals surface area contributed by atoms with Crippen molar-refractivity contribution in [2.24, 2.45) is 5.92 Å². The van der Waals surface area contributed by atoms with Gasteiger partial charge in [-0.05, 0) is 126 Å². The number of aliphatic hydroxyl groups excluding tert-OH is 2. The monoisotopic (exact) mass is 651 g/mol. The minimum absolute atomic E-state index is 0. The van der Waals surface area contributed by atoms with E-state index in [4.69, 9.17) is 32.7 Å². The SMILES string of the molecule is C.CN[C@H](CN1CCCC1)[C@H](O)c1ccc(OC2CC2)c(Cl)c1.C[C@H](CN1CCCC1)[C@H](O)c1ccc(OC2CC2)c(Cl)c1.[HH]. The summed E-state index contributed by atoms with van der Waals surface area (Å²) in [6.07, 6.45) is 9.15. The third kappa shape index (κ3) is 10.2. The minimum Gasteiger partial charge on any atom is -0.489 e. The fraction of sp³-hybridized carbons (Fsp3) is 0.657. The lowest BCUT2D eigenvalue weighted by Crippen LogP contribution is -2.42. The van der Waals surface area contributed by atoms with Crippen molar-refractivity contribution in [3.8, 4) is 11.5 Å². The summed E-state index contributed by atoms with van der Waals surface area (Å²) in [7, 11) is 1.90. The molecule has 2 aromatic rings. The summed E-state index contributed by atoms with van der Waals surface area (Å²) in [6.45, 7) is 8.47. The van der Waals surface area contributed by atoms with E-state index in [0.717, 1.165) is 87.6 Å². The van der Waals surface area contributed by atoms with Crippen molar-refractivity contribution in [2.75, 3.05) is 46.3 Å². The first kappa shape index (κ1) is 35.3. The van der Waals surface area contributed by atoms with Gasteiger partial charge < -0.3 is 34.8 Å². The molecule has 2 heterocycles. The first-order chi connectivity index (χ1) is 20.8. The number of rotatable bonds is 13. The second-order valence-electron chi connectivity index (χ2n) is 12.8. The molecule has 44 heavy (non-hydrogen) atoms. The number of nitrogens with one attached hydrogen (secondary N) is 1. The number of ether oxygens (including phenoxy) is 2. The quantitative estimate of drug-likeness (QED) is 0.213. The van der Waals surface area contributed by atoms with E-state index in [1.807, 2.05) is 43.4 Å². The van der Waals surface area contributed by atoms with Crippen molar-refractivity contribution in [3.63, 3.8) is 0 Å². The molecule has 0 radical (unpaired) electrons. The van der Waals surface area contributed by atoms with Crippen LogP contribution in [0.5, 0.6) is 11.5 Å². The largest absolute Gasteiger partial charge is 0.489 e. The molecule has 9 heteroatoms. The lowest BCUT2D eigenvalue weighted by Gasteiger charge is -2.27. The van der Waals surface area contributed by atoms with Crippen molar-refractivity contribution >= 4 is 23.2 Å².